The molecule has 5 N–H and O–H groups in total. The number of aliphatic hydroxyl groups excluding tert-OH is 5. The summed E-state index contributed by atoms with van der Waals surface area (Å²) in [5.41, 5.74) is 0.0102. The third kappa shape index (κ3) is 2.81. The molecule has 5 atom stereocenters. The molecular weight excluding hydrogens is 336 g/mol. The first-order valence-corrected chi connectivity index (χ1v) is 7.45. The fourth-order valence-electron chi connectivity index (χ4n) is 2.73. The Balaban J connectivity index is 1.91. The van der Waals surface area contributed by atoms with Crippen LogP contribution in [0.15, 0.2) is 35.8 Å². The Hall–Kier alpha value is -2.30. The molecule has 0 amide bonds. The maximum atomic E-state index is 12.5. The van der Waals surface area contributed by atoms with Gasteiger partial charge in [0.05, 0.1) is 6.61 Å². The Morgan fingerprint density at radius 3 is 2.16 bits per heavy atom. The highest BCUT2D eigenvalue weighted by Gasteiger charge is 2.46. The topological polar surface area (TPSA) is 154 Å². The predicted molar refractivity (Wildman–Crippen MR) is 79.6 cm³/mol. The molecule has 5 unspecified atom stereocenters. The van der Waals surface area contributed by atoms with Crippen LogP contribution < -0.4 is 0 Å². The fraction of sp³-hybridized carbons (Fsp3) is 0.375. The first-order chi connectivity index (χ1) is 11.9. The number of carbonyl (C=O) groups is 2. The molecular formula is C16H16O9. The number of aliphatic hydroxyl groups is 5. The van der Waals surface area contributed by atoms with Crippen LogP contribution in [0, 0.1) is 0 Å². The fourth-order valence-corrected chi connectivity index (χ4v) is 2.73. The maximum absolute atomic E-state index is 12.5. The van der Waals surface area contributed by atoms with Gasteiger partial charge in [0.25, 0.3) is 0 Å². The Kier molecular flexibility index (Phi) is 4.58. The van der Waals surface area contributed by atoms with E-state index in [0.717, 1.165) is 0 Å². The largest absolute Gasteiger partial charge is 0.501 e. The van der Waals surface area contributed by atoms with Crippen molar-refractivity contribution in [2.75, 3.05) is 6.61 Å². The zero-order valence-electron chi connectivity index (χ0n) is 12.8. The Morgan fingerprint density at radius 2 is 1.56 bits per heavy atom. The quantitative estimate of drug-likeness (QED) is 0.444. The van der Waals surface area contributed by atoms with Crippen LogP contribution in [0.5, 0.6) is 0 Å². The van der Waals surface area contributed by atoms with Gasteiger partial charge in [-0.2, -0.15) is 0 Å². The molecule has 0 aromatic heterocycles. The lowest BCUT2D eigenvalue weighted by atomic mass is 9.92. The number of fused-ring (bicyclic) bond motifs is 1. The van der Waals surface area contributed by atoms with Gasteiger partial charge in [0.1, 0.15) is 24.4 Å². The van der Waals surface area contributed by atoms with Gasteiger partial charge in [0.15, 0.2) is 0 Å². The summed E-state index contributed by atoms with van der Waals surface area (Å²) in [6.45, 7) is -0.689. The van der Waals surface area contributed by atoms with Gasteiger partial charge in [-0.05, 0) is 0 Å². The van der Waals surface area contributed by atoms with Crippen LogP contribution in [0.1, 0.15) is 20.7 Å². The standard InChI is InChI=1S/C16H16O9/c17-5-8-11(20)12(21)14(23)16(24-8)25-15-10(19)7-4-2-1-3-6(7)9(18)13(15)22/h1-4,8,11-12,14,16-17,20-23H,5H2. The summed E-state index contributed by atoms with van der Waals surface area (Å²) in [4.78, 5) is 24.6. The highest BCUT2D eigenvalue weighted by atomic mass is 16.7. The monoisotopic (exact) mass is 352 g/mol. The summed E-state index contributed by atoms with van der Waals surface area (Å²) in [6.07, 6.45) is -8.05. The lowest BCUT2D eigenvalue weighted by Gasteiger charge is -2.39. The van der Waals surface area contributed by atoms with Crippen molar-refractivity contribution in [2.24, 2.45) is 0 Å². The summed E-state index contributed by atoms with van der Waals surface area (Å²) < 4.78 is 10.3. The summed E-state index contributed by atoms with van der Waals surface area (Å²) in [5, 5.41) is 48.6. The van der Waals surface area contributed by atoms with Gasteiger partial charge in [0.2, 0.25) is 29.4 Å². The average molecular weight is 352 g/mol. The zero-order chi connectivity index (χ0) is 18.3. The van der Waals surface area contributed by atoms with Gasteiger partial charge in [-0.1, -0.05) is 24.3 Å². The van der Waals surface area contributed by atoms with Crippen molar-refractivity contribution in [3.05, 3.63) is 46.9 Å². The van der Waals surface area contributed by atoms with E-state index in [2.05, 4.69) is 0 Å². The number of carbonyl (C=O) groups excluding carboxylic acids is 2. The summed E-state index contributed by atoms with van der Waals surface area (Å²) in [5.74, 6) is -3.34. The normalized spacial score (nSPS) is 32.6. The minimum atomic E-state index is -1.78. The molecule has 0 spiro atoms. The molecule has 9 nitrogen and oxygen atoms in total. The van der Waals surface area contributed by atoms with Crippen molar-refractivity contribution in [2.45, 2.75) is 30.7 Å². The van der Waals surface area contributed by atoms with Gasteiger partial charge in [-0.15, -0.1) is 0 Å². The molecule has 1 saturated heterocycles. The molecule has 1 fully saturated rings. The number of ether oxygens (including phenoxy) is 2. The summed E-state index contributed by atoms with van der Waals surface area (Å²) >= 11 is 0. The number of hydrogen-bond acceptors (Lipinski definition) is 9. The van der Waals surface area contributed by atoms with Gasteiger partial charge in [0, 0.05) is 11.1 Å². The lowest BCUT2D eigenvalue weighted by molar-refractivity contribution is -0.290. The highest BCUT2D eigenvalue weighted by molar-refractivity contribution is 6.25. The molecule has 9 heteroatoms. The van der Waals surface area contributed by atoms with E-state index in [9.17, 15) is 30.0 Å². The van der Waals surface area contributed by atoms with Crippen LogP contribution in [0.4, 0.5) is 0 Å². The van der Waals surface area contributed by atoms with E-state index in [4.69, 9.17) is 14.6 Å². The molecule has 0 saturated carbocycles. The number of Topliss-reactive ketones (excluding diaryl/α,β-unsaturated/α-hetero) is 2. The third-order valence-electron chi connectivity index (χ3n) is 4.14. The van der Waals surface area contributed by atoms with E-state index in [0.29, 0.717) is 0 Å². The first kappa shape index (κ1) is 17.5. The Morgan fingerprint density at radius 1 is 0.960 bits per heavy atom. The minimum Gasteiger partial charge on any atom is -0.501 e. The van der Waals surface area contributed by atoms with E-state index in [1.165, 1.54) is 24.3 Å². The van der Waals surface area contributed by atoms with E-state index in [-0.39, 0.29) is 11.1 Å². The molecule has 134 valence electrons. The smallest absolute Gasteiger partial charge is 0.232 e. The molecule has 1 aromatic carbocycles. The van der Waals surface area contributed by atoms with E-state index >= 15 is 0 Å². The average Bonchev–Trinajstić information content (AvgIpc) is 2.63. The van der Waals surface area contributed by atoms with Gasteiger partial charge in [-0.25, -0.2) is 0 Å². The first-order valence-electron chi connectivity index (χ1n) is 7.45. The molecule has 1 aliphatic carbocycles. The highest BCUT2D eigenvalue weighted by Crippen LogP contribution is 2.30. The molecule has 25 heavy (non-hydrogen) atoms. The molecule has 0 bridgehead atoms. The number of allylic oxidation sites excluding steroid dienone is 2. The molecule has 1 aliphatic heterocycles. The van der Waals surface area contributed by atoms with Crippen molar-refractivity contribution in [1.82, 2.24) is 0 Å². The molecule has 1 aromatic rings. The van der Waals surface area contributed by atoms with Crippen LogP contribution in [-0.2, 0) is 9.47 Å². The van der Waals surface area contributed by atoms with Crippen LogP contribution >= 0.6 is 0 Å². The Labute approximate surface area is 141 Å². The van der Waals surface area contributed by atoms with Gasteiger partial charge < -0.3 is 35.0 Å². The number of ketones is 2. The molecule has 0 radical (unpaired) electrons. The van der Waals surface area contributed by atoms with Gasteiger partial charge >= 0.3 is 0 Å². The molecule has 3 rings (SSSR count). The second-order valence-electron chi connectivity index (χ2n) is 5.70. The van der Waals surface area contributed by atoms with Crippen molar-refractivity contribution in [3.8, 4) is 0 Å². The zero-order valence-corrected chi connectivity index (χ0v) is 12.8. The number of benzene rings is 1. The van der Waals surface area contributed by atoms with Crippen molar-refractivity contribution in [3.63, 3.8) is 0 Å². The molecule has 1 heterocycles. The minimum absolute atomic E-state index is 0.00453. The van der Waals surface area contributed by atoms with Crippen LogP contribution in [0.3, 0.4) is 0 Å². The SMILES string of the molecule is O=C1C(O)=C(OC2OC(CO)C(O)C(O)C2O)C(=O)c2ccccc21. The van der Waals surface area contributed by atoms with Crippen molar-refractivity contribution >= 4 is 11.6 Å². The predicted octanol–water partition coefficient (Wildman–Crippen LogP) is -1.35. The third-order valence-corrected chi connectivity index (χ3v) is 4.14. The second kappa shape index (κ2) is 6.54. The Bertz CT molecular complexity index is 739. The van der Waals surface area contributed by atoms with Crippen molar-refractivity contribution < 1.29 is 44.6 Å². The summed E-state index contributed by atoms with van der Waals surface area (Å²) in [7, 11) is 0. The van der Waals surface area contributed by atoms with Crippen LogP contribution in [0.2, 0.25) is 0 Å². The molecule has 2 aliphatic rings. The lowest BCUT2D eigenvalue weighted by Crippen LogP contribution is -2.59. The van der Waals surface area contributed by atoms with Crippen LogP contribution in [0.25, 0.3) is 0 Å². The number of hydrogen-bond donors (Lipinski definition) is 5. The van der Waals surface area contributed by atoms with Crippen molar-refractivity contribution in [1.29, 1.82) is 0 Å². The number of rotatable bonds is 3. The maximum Gasteiger partial charge on any atom is 0.232 e. The van der Waals surface area contributed by atoms with E-state index < -0.39 is 60.4 Å². The van der Waals surface area contributed by atoms with E-state index in [1.54, 1.807) is 0 Å². The second-order valence-corrected chi connectivity index (χ2v) is 5.70. The van der Waals surface area contributed by atoms with E-state index in [1.807, 2.05) is 0 Å². The van der Waals surface area contributed by atoms with Crippen LogP contribution in [-0.4, -0.2) is 74.4 Å². The summed E-state index contributed by atoms with van der Waals surface area (Å²) in [6, 6.07) is 5.80. The van der Waals surface area contributed by atoms with Gasteiger partial charge in [-0.3, -0.25) is 9.59 Å².